The van der Waals surface area contributed by atoms with Crippen molar-refractivity contribution in [2.75, 3.05) is 13.2 Å². The summed E-state index contributed by atoms with van der Waals surface area (Å²) < 4.78 is 14.9. The highest BCUT2D eigenvalue weighted by Crippen LogP contribution is 2.11. The molecule has 19 heavy (non-hydrogen) atoms. The molecule has 1 aliphatic rings. The Balaban J connectivity index is 2.17. The molecule has 0 atom stereocenters. The molecule has 0 aromatic carbocycles. The van der Waals surface area contributed by atoms with Gasteiger partial charge in [-0.15, -0.1) is 0 Å². The van der Waals surface area contributed by atoms with Crippen LogP contribution in [0.4, 0.5) is 0 Å². The molecule has 8 heteroatoms. The van der Waals surface area contributed by atoms with Gasteiger partial charge in [0, 0.05) is 14.1 Å². The van der Waals surface area contributed by atoms with E-state index in [2.05, 4.69) is 4.98 Å². The van der Waals surface area contributed by atoms with Crippen molar-refractivity contribution in [2.45, 2.75) is 12.8 Å². The van der Waals surface area contributed by atoms with Crippen LogP contribution in [0, 0.1) is 0 Å². The fourth-order valence-corrected chi connectivity index (χ4v) is 2.25. The lowest BCUT2D eigenvalue weighted by atomic mass is 10.5. The molecule has 0 unspecified atom stereocenters. The van der Waals surface area contributed by atoms with Crippen molar-refractivity contribution in [3.05, 3.63) is 27.2 Å². The maximum absolute atomic E-state index is 12.0. The van der Waals surface area contributed by atoms with Crippen LogP contribution < -0.4 is 11.2 Å². The number of aryl methyl sites for hydroxylation is 1. The van der Waals surface area contributed by atoms with E-state index in [1.807, 2.05) is 0 Å². The van der Waals surface area contributed by atoms with Crippen molar-refractivity contribution in [3.63, 3.8) is 0 Å². The van der Waals surface area contributed by atoms with Gasteiger partial charge in [0.05, 0.1) is 26.1 Å². The zero-order valence-corrected chi connectivity index (χ0v) is 10.7. The quantitative estimate of drug-likeness (QED) is 0.682. The minimum Gasteiger partial charge on any atom is -0.348 e. The average molecular weight is 266 g/mol. The van der Waals surface area contributed by atoms with Gasteiger partial charge in [0.15, 0.2) is 11.8 Å². The summed E-state index contributed by atoms with van der Waals surface area (Å²) >= 11 is 0. The molecule has 0 N–H and O–H groups in total. The predicted octanol–water partition coefficient (Wildman–Crippen LogP) is -1.19. The summed E-state index contributed by atoms with van der Waals surface area (Å²) in [7, 11) is 3.05. The van der Waals surface area contributed by atoms with Gasteiger partial charge in [-0.2, -0.15) is 0 Å². The molecule has 8 nitrogen and oxygen atoms in total. The van der Waals surface area contributed by atoms with Crippen LogP contribution in [0.5, 0.6) is 0 Å². The molecular weight excluding hydrogens is 252 g/mol. The first-order valence-electron chi connectivity index (χ1n) is 5.93. The fourth-order valence-electron chi connectivity index (χ4n) is 2.25. The molecule has 2 aromatic rings. The van der Waals surface area contributed by atoms with Gasteiger partial charge < -0.3 is 14.0 Å². The van der Waals surface area contributed by atoms with Gasteiger partial charge in [-0.3, -0.25) is 13.9 Å². The highest BCUT2D eigenvalue weighted by atomic mass is 16.7. The van der Waals surface area contributed by atoms with Crippen LogP contribution in [-0.4, -0.2) is 38.2 Å². The monoisotopic (exact) mass is 266 g/mol. The van der Waals surface area contributed by atoms with E-state index < -0.39 is 5.56 Å². The van der Waals surface area contributed by atoms with Gasteiger partial charge in [-0.1, -0.05) is 0 Å². The van der Waals surface area contributed by atoms with E-state index in [4.69, 9.17) is 9.47 Å². The van der Waals surface area contributed by atoms with Gasteiger partial charge in [0.25, 0.3) is 5.56 Å². The summed E-state index contributed by atoms with van der Waals surface area (Å²) in [6.07, 6.45) is 1.16. The van der Waals surface area contributed by atoms with Crippen LogP contribution in [-0.2, 0) is 30.1 Å². The Bertz CT molecular complexity index is 735. The molecule has 2 aromatic heterocycles. The number of hydrogen-bond acceptors (Lipinski definition) is 5. The first kappa shape index (κ1) is 12.1. The summed E-state index contributed by atoms with van der Waals surface area (Å²) in [6, 6.07) is 0. The average Bonchev–Trinajstić information content (AvgIpc) is 3.04. The van der Waals surface area contributed by atoms with E-state index in [0.717, 1.165) is 4.57 Å². The third-order valence-corrected chi connectivity index (χ3v) is 3.25. The maximum Gasteiger partial charge on any atom is 0.332 e. The Morgan fingerprint density at radius 2 is 1.95 bits per heavy atom. The van der Waals surface area contributed by atoms with Crippen molar-refractivity contribution in [1.29, 1.82) is 0 Å². The number of nitrogens with zero attached hydrogens (tertiary/aromatic N) is 4. The first-order chi connectivity index (χ1) is 9.09. The molecule has 0 radical (unpaired) electrons. The van der Waals surface area contributed by atoms with Gasteiger partial charge in [-0.05, 0) is 0 Å². The summed E-state index contributed by atoms with van der Waals surface area (Å²) in [5.74, 6) is 0. The Hall–Kier alpha value is -1.93. The normalized spacial score (nSPS) is 16.5. The second-order valence-corrected chi connectivity index (χ2v) is 4.45. The summed E-state index contributed by atoms with van der Waals surface area (Å²) in [5.41, 5.74) is -0.0348. The highest BCUT2D eigenvalue weighted by molar-refractivity contribution is 5.69. The van der Waals surface area contributed by atoms with Gasteiger partial charge >= 0.3 is 5.69 Å². The summed E-state index contributed by atoms with van der Waals surface area (Å²) in [6.45, 7) is 1.51. The first-order valence-corrected chi connectivity index (χ1v) is 5.93. The van der Waals surface area contributed by atoms with Gasteiger partial charge in [0.1, 0.15) is 5.65 Å². The topological polar surface area (TPSA) is 80.3 Å². The highest BCUT2D eigenvalue weighted by Gasteiger charge is 2.20. The van der Waals surface area contributed by atoms with Crippen LogP contribution in [0.1, 0.15) is 0 Å². The van der Waals surface area contributed by atoms with Crippen LogP contribution in [0.2, 0.25) is 0 Å². The maximum atomic E-state index is 12.0. The Kier molecular flexibility index (Phi) is 2.76. The van der Waals surface area contributed by atoms with Crippen molar-refractivity contribution < 1.29 is 9.47 Å². The zero-order chi connectivity index (χ0) is 13.6. The predicted molar refractivity (Wildman–Crippen MR) is 65.9 cm³/mol. The molecule has 3 heterocycles. The van der Waals surface area contributed by atoms with E-state index in [0.29, 0.717) is 25.4 Å². The molecule has 0 spiro atoms. The molecule has 1 aliphatic heterocycles. The minimum atomic E-state index is -0.398. The number of rotatable bonds is 2. The summed E-state index contributed by atoms with van der Waals surface area (Å²) in [5, 5.41) is 0. The molecule has 102 valence electrons. The van der Waals surface area contributed by atoms with Crippen molar-refractivity contribution in [3.8, 4) is 0 Å². The molecule has 0 amide bonds. The smallest absolute Gasteiger partial charge is 0.332 e. The molecule has 3 rings (SSSR count). The third kappa shape index (κ3) is 1.80. The van der Waals surface area contributed by atoms with Crippen molar-refractivity contribution in [1.82, 2.24) is 18.7 Å². The standard InChI is InChI=1S/C11H14N4O4/c1-13-9-8(10(16)14(2)11(13)17)12-6-15(9)5-7-18-3-4-19-7/h6-7H,3-5H2,1-2H3. The molecule has 0 saturated carbocycles. The lowest BCUT2D eigenvalue weighted by Crippen LogP contribution is -2.37. The number of imidazole rings is 1. The van der Waals surface area contributed by atoms with E-state index in [1.54, 1.807) is 11.6 Å². The third-order valence-electron chi connectivity index (χ3n) is 3.25. The zero-order valence-electron chi connectivity index (χ0n) is 10.7. The second-order valence-electron chi connectivity index (χ2n) is 4.45. The molecule has 1 saturated heterocycles. The van der Waals surface area contributed by atoms with E-state index in [-0.39, 0.29) is 17.5 Å². The minimum absolute atomic E-state index is 0.266. The Morgan fingerprint density at radius 3 is 2.63 bits per heavy atom. The Labute approximate surface area is 107 Å². The van der Waals surface area contributed by atoms with Crippen LogP contribution in [0.15, 0.2) is 15.9 Å². The molecule has 0 bridgehead atoms. The summed E-state index contributed by atoms with van der Waals surface area (Å²) in [4.78, 5) is 28.0. The van der Waals surface area contributed by atoms with Crippen molar-refractivity contribution in [2.24, 2.45) is 14.1 Å². The van der Waals surface area contributed by atoms with Gasteiger partial charge in [0.2, 0.25) is 0 Å². The largest absolute Gasteiger partial charge is 0.348 e. The lowest BCUT2D eigenvalue weighted by Gasteiger charge is -2.12. The van der Waals surface area contributed by atoms with Gasteiger partial charge in [-0.25, -0.2) is 9.78 Å². The van der Waals surface area contributed by atoms with Crippen LogP contribution in [0.3, 0.4) is 0 Å². The van der Waals surface area contributed by atoms with E-state index in [9.17, 15) is 9.59 Å². The second kappa shape index (κ2) is 4.32. The number of ether oxygens (including phenoxy) is 2. The molecule has 0 aliphatic carbocycles. The lowest BCUT2D eigenvalue weighted by molar-refractivity contribution is -0.0519. The fraction of sp³-hybridized carbons (Fsp3) is 0.545. The van der Waals surface area contributed by atoms with E-state index in [1.165, 1.54) is 17.9 Å². The van der Waals surface area contributed by atoms with Crippen molar-refractivity contribution >= 4 is 11.2 Å². The Morgan fingerprint density at radius 1 is 1.26 bits per heavy atom. The number of aromatic nitrogens is 4. The number of fused-ring (bicyclic) bond motifs is 1. The van der Waals surface area contributed by atoms with Crippen LogP contribution in [0.25, 0.3) is 11.2 Å². The molecular formula is C11H14N4O4. The number of hydrogen-bond donors (Lipinski definition) is 0. The molecule has 1 fully saturated rings. The SMILES string of the molecule is Cn1c(=O)c2ncn(CC3OCCO3)c2n(C)c1=O. The van der Waals surface area contributed by atoms with E-state index >= 15 is 0 Å². The van der Waals surface area contributed by atoms with Crippen LogP contribution >= 0.6 is 0 Å².